The molecule has 0 fully saturated rings. The van der Waals surface area contributed by atoms with E-state index >= 15 is 0 Å². The molecule has 0 bridgehead atoms. The first kappa shape index (κ1) is 12.7. The number of rotatable bonds is 5. The molecule has 0 aliphatic carbocycles. The Kier molecular flexibility index (Phi) is 4.49. The van der Waals surface area contributed by atoms with E-state index in [1.165, 1.54) is 17.8 Å². The molecule has 0 unspecified atom stereocenters. The lowest BCUT2D eigenvalue weighted by molar-refractivity contribution is -0.387. The normalized spacial score (nSPS) is 10.4. The molecule has 5 heteroatoms. The van der Waals surface area contributed by atoms with E-state index in [9.17, 15) is 14.9 Å². The summed E-state index contributed by atoms with van der Waals surface area (Å²) in [6, 6.07) is 6.46. The Bertz CT molecular complexity index is 404. The van der Waals surface area contributed by atoms with E-state index in [1.807, 2.05) is 13.8 Å². The number of nitro benzene ring substituents is 1. The molecule has 1 aromatic rings. The average molecular weight is 239 g/mol. The molecule has 0 aliphatic rings. The zero-order valence-electron chi connectivity index (χ0n) is 9.17. The molecular formula is C11H13NO3S. The van der Waals surface area contributed by atoms with Crippen LogP contribution in [0.2, 0.25) is 0 Å². The second kappa shape index (κ2) is 5.65. The molecule has 86 valence electrons. The highest BCUT2D eigenvalue weighted by Crippen LogP contribution is 2.28. The third-order valence-electron chi connectivity index (χ3n) is 2.08. The molecule has 16 heavy (non-hydrogen) atoms. The van der Waals surface area contributed by atoms with Crippen LogP contribution >= 0.6 is 11.8 Å². The predicted octanol–water partition coefficient (Wildman–Crippen LogP) is 2.91. The van der Waals surface area contributed by atoms with Gasteiger partial charge in [0.2, 0.25) is 0 Å². The zero-order valence-corrected chi connectivity index (χ0v) is 9.99. The minimum Gasteiger partial charge on any atom is -0.298 e. The van der Waals surface area contributed by atoms with Crippen LogP contribution in [0.5, 0.6) is 0 Å². The van der Waals surface area contributed by atoms with Gasteiger partial charge in [-0.05, 0) is 6.07 Å². The molecule has 0 amide bonds. The molecule has 0 saturated carbocycles. The molecule has 0 aromatic heterocycles. The maximum atomic E-state index is 11.4. The number of ketones is 1. The van der Waals surface area contributed by atoms with E-state index in [4.69, 9.17) is 0 Å². The highest BCUT2D eigenvalue weighted by atomic mass is 32.2. The first-order valence-corrected chi connectivity index (χ1v) is 5.90. The largest absolute Gasteiger partial charge is 0.298 e. The molecule has 0 N–H and O–H groups in total. The van der Waals surface area contributed by atoms with Crippen molar-refractivity contribution in [3.63, 3.8) is 0 Å². The van der Waals surface area contributed by atoms with Gasteiger partial charge in [0.1, 0.15) is 5.78 Å². The molecule has 0 atom stereocenters. The fourth-order valence-corrected chi connectivity index (χ4v) is 2.14. The van der Waals surface area contributed by atoms with Crippen molar-refractivity contribution in [2.24, 2.45) is 5.92 Å². The van der Waals surface area contributed by atoms with Gasteiger partial charge >= 0.3 is 0 Å². The number of hydrogen-bond acceptors (Lipinski definition) is 4. The van der Waals surface area contributed by atoms with Gasteiger partial charge in [0, 0.05) is 12.0 Å². The molecule has 0 radical (unpaired) electrons. The second-order valence-electron chi connectivity index (χ2n) is 3.63. The topological polar surface area (TPSA) is 60.2 Å². The van der Waals surface area contributed by atoms with Gasteiger partial charge in [-0.3, -0.25) is 14.9 Å². The van der Waals surface area contributed by atoms with Crippen molar-refractivity contribution < 1.29 is 9.72 Å². The van der Waals surface area contributed by atoms with Crippen molar-refractivity contribution in [3.05, 3.63) is 34.4 Å². The van der Waals surface area contributed by atoms with Gasteiger partial charge in [-0.1, -0.05) is 26.0 Å². The van der Waals surface area contributed by atoms with Gasteiger partial charge in [0.05, 0.1) is 15.6 Å². The summed E-state index contributed by atoms with van der Waals surface area (Å²) in [5, 5.41) is 10.7. The highest BCUT2D eigenvalue weighted by Gasteiger charge is 2.15. The van der Waals surface area contributed by atoms with E-state index in [0.29, 0.717) is 4.90 Å². The molecule has 0 heterocycles. The molecule has 0 spiro atoms. The first-order chi connectivity index (χ1) is 7.52. The number of Topliss-reactive ketones (excluding diaryl/α,β-unsaturated/α-hetero) is 1. The Morgan fingerprint density at radius 3 is 2.62 bits per heavy atom. The van der Waals surface area contributed by atoms with E-state index in [1.54, 1.807) is 18.2 Å². The third kappa shape index (κ3) is 3.34. The predicted molar refractivity (Wildman–Crippen MR) is 63.7 cm³/mol. The van der Waals surface area contributed by atoms with Crippen molar-refractivity contribution >= 4 is 23.2 Å². The van der Waals surface area contributed by atoms with E-state index in [0.717, 1.165) is 0 Å². The lowest BCUT2D eigenvalue weighted by Gasteiger charge is -2.04. The number of nitro groups is 1. The summed E-state index contributed by atoms with van der Waals surface area (Å²) in [5.41, 5.74) is 0.0593. The maximum Gasteiger partial charge on any atom is 0.282 e. The minimum absolute atomic E-state index is 0.0322. The Hall–Kier alpha value is -1.36. The van der Waals surface area contributed by atoms with Gasteiger partial charge in [-0.2, -0.15) is 0 Å². The van der Waals surface area contributed by atoms with Gasteiger partial charge in [-0.15, -0.1) is 11.8 Å². The van der Waals surface area contributed by atoms with Crippen LogP contribution in [0.25, 0.3) is 0 Å². The smallest absolute Gasteiger partial charge is 0.282 e. The Balaban J connectivity index is 2.74. The Labute approximate surface area is 98.2 Å². The van der Waals surface area contributed by atoms with Crippen molar-refractivity contribution in [2.75, 3.05) is 5.75 Å². The number of para-hydroxylation sites is 1. The number of nitrogens with zero attached hydrogens (tertiary/aromatic N) is 1. The Morgan fingerprint density at radius 1 is 1.44 bits per heavy atom. The van der Waals surface area contributed by atoms with Crippen LogP contribution in [0.4, 0.5) is 5.69 Å². The molecule has 0 saturated heterocycles. The van der Waals surface area contributed by atoms with Crippen LogP contribution in [-0.4, -0.2) is 16.5 Å². The third-order valence-corrected chi connectivity index (χ3v) is 3.16. The lowest BCUT2D eigenvalue weighted by atomic mass is 10.1. The van der Waals surface area contributed by atoms with Crippen molar-refractivity contribution in [1.29, 1.82) is 0 Å². The molecular weight excluding hydrogens is 226 g/mol. The number of carbonyl (C=O) groups excluding carboxylic acids is 1. The minimum atomic E-state index is -0.428. The summed E-state index contributed by atoms with van der Waals surface area (Å²) in [5.74, 6) is 0.348. The van der Waals surface area contributed by atoms with Crippen LogP contribution in [0, 0.1) is 16.0 Å². The highest BCUT2D eigenvalue weighted by molar-refractivity contribution is 8.00. The molecule has 1 rings (SSSR count). The van der Waals surface area contributed by atoms with Gasteiger partial charge < -0.3 is 0 Å². The van der Waals surface area contributed by atoms with E-state index in [2.05, 4.69) is 0 Å². The summed E-state index contributed by atoms with van der Waals surface area (Å²) in [7, 11) is 0. The zero-order chi connectivity index (χ0) is 12.1. The number of thioether (sulfide) groups is 1. The molecule has 0 aliphatic heterocycles. The molecule has 4 nitrogen and oxygen atoms in total. The summed E-state index contributed by atoms with van der Waals surface area (Å²) in [6.45, 7) is 3.64. The summed E-state index contributed by atoms with van der Waals surface area (Å²) in [6.07, 6.45) is 0. The molecule has 1 aromatic carbocycles. The van der Waals surface area contributed by atoms with E-state index in [-0.39, 0.29) is 23.1 Å². The SMILES string of the molecule is CC(C)C(=O)CSc1ccccc1[N+](=O)[O-]. The van der Waals surface area contributed by atoms with Crippen LogP contribution in [-0.2, 0) is 4.79 Å². The second-order valence-corrected chi connectivity index (χ2v) is 4.65. The lowest BCUT2D eigenvalue weighted by Crippen LogP contribution is -2.09. The fourth-order valence-electron chi connectivity index (χ4n) is 1.05. The van der Waals surface area contributed by atoms with Crippen molar-refractivity contribution in [1.82, 2.24) is 0 Å². The van der Waals surface area contributed by atoms with Gasteiger partial charge in [-0.25, -0.2) is 0 Å². The quantitative estimate of drug-likeness (QED) is 0.450. The van der Waals surface area contributed by atoms with E-state index < -0.39 is 4.92 Å². The van der Waals surface area contributed by atoms with Crippen LogP contribution in [0.15, 0.2) is 29.2 Å². The van der Waals surface area contributed by atoms with Crippen LogP contribution in [0.3, 0.4) is 0 Å². The standard InChI is InChI=1S/C11H13NO3S/c1-8(2)10(13)7-16-11-6-4-3-5-9(11)12(14)15/h3-6,8H,7H2,1-2H3. The van der Waals surface area contributed by atoms with Gasteiger partial charge in [0.25, 0.3) is 5.69 Å². The van der Waals surface area contributed by atoms with Crippen LogP contribution < -0.4 is 0 Å². The number of benzene rings is 1. The first-order valence-electron chi connectivity index (χ1n) is 4.91. The maximum absolute atomic E-state index is 11.4. The summed E-state index contributed by atoms with van der Waals surface area (Å²) >= 11 is 1.22. The van der Waals surface area contributed by atoms with Gasteiger partial charge in [0.15, 0.2) is 0 Å². The van der Waals surface area contributed by atoms with Crippen LogP contribution in [0.1, 0.15) is 13.8 Å². The van der Waals surface area contributed by atoms with Crippen molar-refractivity contribution in [2.45, 2.75) is 18.7 Å². The summed E-state index contributed by atoms with van der Waals surface area (Å²) in [4.78, 5) is 22.2. The average Bonchev–Trinajstić information content (AvgIpc) is 2.25. The fraction of sp³-hybridized carbons (Fsp3) is 0.364. The number of hydrogen-bond donors (Lipinski definition) is 0. The summed E-state index contributed by atoms with van der Waals surface area (Å²) < 4.78 is 0. The monoisotopic (exact) mass is 239 g/mol. The number of carbonyl (C=O) groups is 1. The Morgan fingerprint density at radius 2 is 2.06 bits per heavy atom. The van der Waals surface area contributed by atoms with Crippen molar-refractivity contribution in [3.8, 4) is 0 Å².